The lowest BCUT2D eigenvalue weighted by Crippen LogP contribution is -2.42. The van der Waals surface area contributed by atoms with Crippen molar-refractivity contribution >= 4 is 29.4 Å². The normalized spacial score (nSPS) is 15.5. The fraction of sp³-hybridized carbons (Fsp3) is 0.147. The largest absolute Gasteiger partial charge is 0.454 e. The maximum absolute atomic E-state index is 14.0. The molecule has 7 rings (SSSR count). The van der Waals surface area contributed by atoms with E-state index in [1.165, 1.54) is 40.9 Å². The van der Waals surface area contributed by atoms with Gasteiger partial charge in [-0.05, 0) is 59.7 Å². The number of anilines is 1. The van der Waals surface area contributed by atoms with E-state index >= 15 is 0 Å². The first-order valence-electron chi connectivity index (χ1n) is 14.2. The van der Waals surface area contributed by atoms with E-state index in [4.69, 9.17) is 14.6 Å². The van der Waals surface area contributed by atoms with Crippen molar-refractivity contribution in [1.29, 1.82) is 0 Å². The second-order valence-electron chi connectivity index (χ2n) is 10.5. The summed E-state index contributed by atoms with van der Waals surface area (Å²) in [5.74, 6) is 0.259. The Balaban J connectivity index is 1.36. The van der Waals surface area contributed by atoms with Crippen molar-refractivity contribution in [2.75, 3.05) is 24.0 Å². The molecule has 2 aliphatic heterocycles. The molecule has 1 unspecified atom stereocenters. The Morgan fingerprint density at radius 2 is 1.62 bits per heavy atom. The molecule has 0 radical (unpaired) electrons. The third kappa shape index (κ3) is 5.74. The summed E-state index contributed by atoms with van der Waals surface area (Å²) in [6.45, 7) is -0.00344. The van der Waals surface area contributed by atoms with Gasteiger partial charge in [0.2, 0.25) is 18.6 Å². The molecule has 0 spiro atoms. The monoisotopic (exact) mass is 624 g/mol. The maximum atomic E-state index is 14.0. The van der Waals surface area contributed by atoms with Gasteiger partial charge in [0.15, 0.2) is 11.5 Å². The van der Waals surface area contributed by atoms with E-state index in [1.54, 1.807) is 28.9 Å². The van der Waals surface area contributed by atoms with Crippen LogP contribution in [0, 0.1) is 11.6 Å². The van der Waals surface area contributed by atoms with Crippen LogP contribution < -0.4 is 19.7 Å². The molecule has 5 aromatic rings. The van der Waals surface area contributed by atoms with Gasteiger partial charge < -0.3 is 14.8 Å². The lowest BCUT2D eigenvalue weighted by atomic mass is 9.99. The van der Waals surface area contributed by atoms with Crippen LogP contribution in [-0.4, -0.2) is 40.7 Å². The van der Waals surface area contributed by atoms with Gasteiger partial charge >= 0.3 is 0 Å². The van der Waals surface area contributed by atoms with Crippen LogP contribution in [-0.2, 0) is 16.1 Å². The third-order valence-corrected chi connectivity index (χ3v) is 8.87. The zero-order valence-corrected chi connectivity index (χ0v) is 24.6. The number of hydrogen-bond donors (Lipinski definition) is 1. The minimum atomic E-state index is -0.415. The minimum absolute atomic E-state index is 0.0800. The first kappa shape index (κ1) is 28.6. The molecule has 226 valence electrons. The quantitative estimate of drug-likeness (QED) is 0.238. The number of aromatic nitrogens is 2. The van der Waals surface area contributed by atoms with Gasteiger partial charge in [-0.2, -0.15) is 5.10 Å². The Hall–Kier alpha value is -5.16. The second kappa shape index (κ2) is 12.1. The van der Waals surface area contributed by atoms with Crippen LogP contribution >= 0.6 is 11.8 Å². The Morgan fingerprint density at radius 1 is 0.911 bits per heavy atom. The molecule has 3 heterocycles. The van der Waals surface area contributed by atoms with Crippen molar-refractivity contribution in [2.24, 2.45) is 0 Å². The topological polar surface area (TPSA) is 85.7 Å². The molecule has 2 amide bonds. The number of hydrogen-bond acceptors (Lipinski definition) is 6. The molecule has 0 saturated heterocycles. The Labute approximate surface area is 261 Å². The van der Waals surface area contributed by atoms with Gasteiger partial charge in [-0.25, -0.2) is 13.5 Å². The molecule has 11 heteroatoms. The first-order chi connectivity index (χ1) is 21.9. The van der Waals surface area contributed by atoms with Crippen molar-refractivity contribution in [3.05, 3.63) is 125 Å². The zero-order valence-electron chi connectivity index (χ0n) is 23.8. The highest BCUT2D eigenvalue weighted by atomic mass is 32.2. The van der Waals surface area contributed by atoms with Crippen LogP contribution in [0.1, 0.15) is 21.9 Å². The summed E-state index contributed by atoms with van der Waals surface area (Å²) >= 11 is 1.43. The van der Waals surface area contributed by atoms with E-state index in [0.29, 0.717) is 34.3 Å². The van der Waals surface area contributed by atoms with Crippen LogP contribution in [0.2, 0.25) is 0 Å². The fourth-order valence-electron chi connectivity index (χ4n) is 5.43. The number of nitrogens with one attached hydrogen (secondary N) is 1. The molecule has 0 bridgehead atoms. The van der Waals surface area contributed by atoms with Gasteiger partial charge in [0.05, 0.1) is 22.4 Å². The summed E-state index contributed by atoms with van der Waals surface area (Å²) in [7, 11) is 0. The Bertz CT molecular complexity index is 1880. The van der Waals surface area contributed by atoms with Gasteiger partial charge in [0, 0.05) is 17.7 Å². The van der Waals surface area contributed by atoms with E-state index in [2.05, 4.69) is 5.32 Å². The highest BCUT2D eigenvalue weighted by molar-refractivity contribution is 8.00. The summed E-state index contributed by atoms with van der Waals surface area (Å²) in [5.41, 5.74) is 4.28. The average molecular weight is 625 g/mol. The molecule has 4 aromatic carbocycles. The van der Waals surface area contributed by atoms with E-state index in [9.17, 15) is 18.4 Å². The number of carbonyl (C=O) groups is 2. The highest BCUT2D eigenvalue weighted by Gasteiger charge is 2.38. The summed E-state index contributed by atoms with van der Waals surface area (Å²) < 4.78 is 40.2. The van der Waals surface area contributed by atoms with Crippen LogP contribution in [0.4, 0.5) is 14.6 Å². The summed E-state index contributed by atoms with van der Waals surface area (Å²) in [5, 5.41) is 7.47. The Morgan fingerprint density at radius 3 is 2.38 bits per heavy atom. The lowest BCUT2D eigenvalue weighted by Gasteiger charge is -2.23. The number of amides is 2. The summed E-state index contributed by atoms with van der Waals surface area (Å²) in [6, 6.07) is 26.9. The molecule has 8 nitrogen and oxygen atoms in total. The molecule has 2 aliphatic rings. The van der Waals surface area contributed by atoms with E-state index in [0.717, 1.165) is 16.7 Å². The standard InChI is InChI=1S/C34H26F2N4O4S/c35-24-9-6-21(7-10-24)17-37-29(41)18-39-30(42)19-45-33(23-8-15-27-28(16-23)44-20-43-27)31-32(22-4-2-1-3-5-22)38-40(34(31)39)26-13-11-25(36)12-14-26/h1-16,33H,17-20H2,(H,37,41). The number of nitrogens with zero attached hydrogens (tertiary/aromatic N) is 3. The molecule has 0 aliphatic carbocycles. The smallest absolute Gasteiger partial charge is 0.240 e. The fourth-order valence-corrected chi connectivity index (χ4v) is 6.62. The summed E-state index contributed by atoms with van der Waals surface area (Å²) in [6.07, 6.45) is 0. The number of benzene rings is 4. The van der Waals surface area contributed by atoms with Crippen LogP contribution in [0.3, 0.4) is 0 Å². The number of thioether (sulfide) groups is 1. The number of halogens is 2. The van der Waals surface area contributed by atoms with E-state index < -0.39 is 11.7 Å². The molecule has 1 atom stereocenters. The minimum Gasteiger partial charge on any atom is -0.454 e. The molecule has 1 N–H and O–H groups in total. The van der Waals surface area contributed by atoms with Crippen LogP contribution in [0.25, 0.3) is 16.9 Å². The van der Waals surface area contributed by atoms with Crippen molar-refractivity contribution < 1.29 is 27.8 Å². The van der Waals surface area contributed by atoms with E-state index in [1.807, 2.05) is 48.5 Å². The highest BCUT2D eigenvalue weighted by Crippen LogP contribution is 2.50. The number of fused-ring (bicyclic) bond motifs is 2. The zero-order chi connectivity index (χ0) is 30.9. The lowest BCUT2D eigenvalue weighted by molar-refractivity contribution is -0.123. The van der Waals surface area contributed by atoms with Gasteiger partial charge in [-0.1, -0.05) is 48.5 Å². The third-order valence-electron chi connectivity index (χ3n) is 7.61. The molecule has 1 aromatic heterocycles. The number of ether oxygens (including phenoxy) is 2. The van der Waals surface area contributed by atoms with Gasteiger partial charge in [-0.15, -0.1) is 11.8 Å². The van der Waals surface area contributed by atoms with Gasteiger partial charge in [-0.3, -0.25) is 14.5 Å². The van der Waals surface area contributed by atoms with Crippen LogP contribution in [0.15, 0.2) is 97.1 Å². The first-order valence-corrected chi connectivity index (χ1v) is 15.3. The molecule has 45 heavy (non-hydrogen) atoms. The van der Waals surface area contributed by atoms with Gasteiger partial charge in [0.25, 0.3) is 0 Å². The summed E-state index contributed by atoms with van der Waals surface area (Å²) in [4.78, 5) is 28.7. The number of rotatable bonds is 7. The van der Waals surface area contributed by atoms with Gasteiger partial charge in [0.1, 0.15) is 24.0 Å². The van der Waals surface area contributed by atoms with Crippen LogP contribution in [0.5, 0.6) is 11.5 Å². The molecule has 0 fully saturated rings. The molecule has 0 saturated carbocycles. The molecular weight excluding hydrogens is 598 g/mol. The van der Waals surface area contributed by atoms with Crippen molar-refractivity contribution in [1.82, 2.24) is 15.1 Å². The second-order valence-corrected chi connectivity index (χ2v) is 11.6. The molecular formula is C34H26F2N4O4S. The van der Waals surface area contributed by atoms with Crippen molar-refractivity contribution in [2.45, 2.75) is 11.8 Å². The van der Waals surface area contributed by atoms with Crippen molar-refractivity contribution in [3.63, 3.8) is 0 Å². The number of carbonyl (C=O) groups excluding carboxylic acids is 2. The maximum Gasteiger partial charge on any atom is 0.240 e. The average Bonchev–Trinajstić information content (AvgIpc) is 3.66. The van der Waals surface area contributed by atoms with E-state index in [-0.39, 0.29) is 42.6 Å². The van der Waals surface area contributed by atoms with Crippen molar-refractivity contribution in [3.8, 4) is 28.4 Å². The SMILES string of the molecule is O=C(CN1C(=O)CSC(c2ccc3c(c2)OCO3)c2c(-c3ccccc3)nn(-c3ccc(F)cc3)c21)NCc1ccc(F)cc1. The Kier molecular flexibility index (Phi) is 7.68. The predicted molar refractivity (Wildman–Crippen MR) is 166 cm³/mol. The predicted octanol–water partition coefficient (Wildman–Crippen LogP) is 6.03.